The highest BCUT2D eigenvalue weighted by Crippen LogP contribution is 2.36. The summed E-state index contributed by atoms with van der Waals surface area (Å²) in [5.74, 6) is 0.582. The maximum Gasteiger partial charge on any atom is 0.252 e. The standard InChI is InChI=1S/C23H26N8O2S2/c1-15-9-20(34-23(15)35(32,33)30-7-4-8-30)28-21-22-25-12-19(17-11-26-29(2)13-17)31(22)14-18(27-21)16-5-3-6-24-10-16/h5,9,11-14,24H,3-4,6-8,10H2,1-2H3,(H,27,28). The molecule has 0 amide bonds. The SMILES string of the molecule is Cc1cc(Nc2nc(C3=CCCNC3)cn3c(-c4cnn(C)c4)cnc23)sc1S(=O)(=O)N1CCC1. The van der Waals surface area contributed by atoms with Crippen LogP contribution in [0.3, 0.4) is 0 Å². The molecule has 2 aliphatic rings. The van der Waals surface area contributed by atoms with Crippen LogP contribution in [0, 0.1) is 6.92 Å². The van der Waals surface area contributed by atoms with Crippen LogP contribution < -0.4 is 10.6 Å². The Bertz CT molecular complexity index is 1560. The Morgan fingerprint density at radius 1 is 1.20 bits per heavy atom. The van der Waals surface area contributed by atoms with Crippen molar-refractivity contribution in [2.45, 2.75) is 24.0 Å². The van der Waals surface area contributed by atoms with Gasteiger partial charge < -0.3 is 10.6 Å². The fourth-order valence-corrected chi connectivity index (χ4v) is 7.63. The lowest BCUT2D eigenvalue weighted by Crippen LogP contribution is -2.41. The molecule has 4 aromatic rings. The van der Waals surface area contributed by atoms with Crippen molar-refractivity contribution in [1.29, 1.82) is 0 Å². The highest BCUT2D eigenvalue weighted by Gasteiger charge is 2.32. The third-order valence-electron chi connectivity index (χ3n) is 6.35. The van der Waals surface area contributed by atoms with Crippen LogP contribution in [0.1, 0.15) is 24.1 Å². The van der Waals surface area contributed by atoms with Gasteiger partial charge in [-0.3, -0.25) is 9.08 Å². The maximum absolute atomic E-state index is 13.0. The monoisotopic (exact) mass is 510 g/mol. The van der Waals surface area contributed by atoms with Crippen LogP contribution in [0.5, 0.6) is 0 Å². The molecular formula is C23H26N8O2S2. The van der Waals surface area contributed by atoms with Crippen molar-refractivity contribution in [1.82, 2.24) is 33.8 Å². The van der Waals surface area contributed by atoms with Gasteiger partial charge >= 0.3 is 0 Å². The molecule has 2 aliphatic heterocycles. The predicted octanol–water partition coefficient (Wildman–Crippen LogP) is 3.01. The van der Waals surface area contributed by atoms with Crippen molar-refractivity contribution >= 4 is 43.4 Å². The van der Waals surface area contributed by atoms with Crippen LogP contribution in [-0.4, -0.2) is 63.1 Å². The van der Waals surface area contributed by atoms with Crippen LogP contribution in [-0.2, 0) is 17.1 Å². The summed E-state index contributed by atoms with van der Waals surface area (Å²) in [6, 6.07) is 1.87. The number of sulfonamides is 1. The van der Waals surface area contributed by atoms with Crippen LogP contribution in [0.4, 0.5) is 10.8 Å². The third-order valence-corrected chi connectivity index (χ3v) is 10.0. The van der Waals surface area contributed by atoms with Crippen LogP contribution in [0.2, 0.25) is 0 Å². The van der Waals surface area contributed by atoms with E-state index in [1.54, 1.807) is 4.68 Å². The first kappa shape index (κ1) is 22.4. The van der Waals surface area contributed by atoms with Crippen molar-refractivity contribution in [3.8, 4) is 11.3 Å². The van der Waals surface area contributed by atoms with Gasteiger partial charge in [0.2, 0.25) is 0 Å². The van der Waals surface area contributed by atoms with E-state index in [1.165, 1.54) is 15.6 Å². The molecule has 0 unspecified atom stereocenters. The normalized spacial score (nSPS) is 16.9. The molecular weight excluding hydrogens is 484 g/mol. The largest absolute Gasteiger partial charge is 0.329 e. The Morgan fingerprint density at radius 2 is 2.06 bits per heavy atom. The molecule has 6 heterocycles. The van der Waals surface area contributed by atoms with E-state index in [-0.39, 0.29) is 0 Å². The number of hydrogen-bond donors (Lipinski definition) is 2. The fourth-order valence-electron chi connectivity index (χ4n) is 4.38. The van der Waals surface area contributed by atoms with E-state index in [4.69, 9.17) is 4.98 Å². The molecule has 0 atom stereocenters. The first-order chi connectivity index (χ1) is 16.9. The predicted molar refractivity (Wildman–Crippen MR) is 136 cm³/mol. The summed E-state index contributed by atoms with van der Waals surface area (Å²) in [5.41, 5.74) is 5.22. The molecule has 0 saturated carbocycles. The number of thiophene rings is 1. The van der Waals surface area contributed by atoms with Crippen LogP contribution in [0.15, 0.2) is 41.1 Å². The van der Waals surface area contributed by atoms with Crippen molar-refractivity contribution in [2.75, 3.05) is 31.5 Å². The average Bonchev–Trinajstić information content (AvgIpc) is 3.51. The van der Waals surface area contributed by atoms with Gasteiger partial charge in [-0.15, -0.1) is 11.3 Å². The molecule has 4 aromatic heterocycles. The van der Waals surface area contributed by atoms with Gasteiger partial charge in [-0.05, 0) is 43.5 Å². The lowest BCUT2D eigenvalue weighted by atomic mass is 10.1. The lowest BCUT2D eigenvalue weighted by Gasteiger charge is -2.29. The second kappa shape index (κ2) is 8.55. The zero-order valence-electron chi connectivity index (χ0n) is 19.5. The second-order valence-corrected chi connectivity index (χ2v) is 12.1. The number of hydrogen-bond acceptors (Lipinski definition) is 8. The minimum absolute atomic E-state index is 0.380. The van der Waals surface area contributed by atoms with E-state index in [9.17, 15) is 8.42 Å². The summed E-state index contributed by atoms with van der Waals surface area (Å²) >= 11 is 1.24. The minimum atomic E-state index is -3.46. The summed E-state index contributed by atoms with van der Waals surface area (Å²) in [6.45, 7) is 4.70. The topological polar surface area (TPSA) is 109 Å². The number of aromatic nitrogens is 5. The Balaban J connectivity index is 1.44. The zero-order valence-corrected chi connectivity index (χ0v) is 21.2. The lowest BCUT2D eigenvalue weighted by molar-refractivity contribution is 0.310. The molecule has 35 heavy (non-hydrogen) atoms. The molecule has 0 bridgehead atoms. The van der Waals surface area contributed by atoms with Gasteiger partial charge in [0.1, 0.15) is 4.21 Å². The van der Waals surface area contributed by atoms with Gasteiger partial charge in [-0.1, -0.05) is 6.08 Å². The highest BCUT2D eigenvalue weighted by atomic mass is 32.2. The Kier molecular flexibility index (Phi) is 5.48. The van der Waals surface area contributed by atoms with E-state index < -0.39 is 10.0 Å². The van der Waals surface area contributed by atoms with E-state index >= 15 is 0 Å². The summed E-state index contributed by atoms with van der Waals surface area (Å²) in [5, 5.41) is 11.8. The Labute approximate surface area is 207 Å². The smallest absolute Gasteiger partial charge is 0.252 e. The van der Waals surface area contributed by atoms with Gasteiger partial charge in [0, 0.05) is 44.6 Å². The molecule has 1 saturated heterocycles. The minimum Gasteiger partial charge on any atom is -0.329 e. The number of anilines is 2. The molecule has 0 aromatic carbocycles. The molecule has 2 N–H and O–H groups in total. The highest BCUT2D eigenvalue weighted by molar-refractivity contribution is 7.91. The van der Waals surface area contributed by atoms with Crippen LogP contribution >= 0.6 is 11.3 Å². The average molecular weight is 511 g/mol. The number of rotatable bonds is 6. The number of nitrogens with one attached hydrogen (secondary N) is 2. The van der Waals surface area contributed by atoms with Crippen molar-refractivity contribution in [3.05, 3.63) is 48.2 Å². The molecule has 0 radical (unpaired) electrons. The van der Waals surface area contributed by atoms with Crippen LogP contribution in [0.25, 0.3) is 22.5 Å². The van der Waals surface area contributed by atoms with Gasteiger partial charge in [0.15, 0.2) is 11.5 Å². The first-order valence-corrected chi connectivity index (χ1v) is 13.8. The summed E-state index contributed by atoms with van der Waals surface area (Å²) in [6.07, 6.45) is 11.7. The van der Waals surface area contributed by atoms with Crippen molar-refractivity contribution < 1.29 is 8.42 Å². The Morgan fingerprint density at radius 3 is 2.74 bits per heavy atom. The molecule has 1 fully saturated rings. The molecule has 12 heteroatoms. The quantitative estimate of drug-likeness (QED) is 0.410. The summed E-state index contributed by atoms with van der Waals surface area (Å²) < 4.78 is 31.7. The van der Waals surface area contributed by atoms with Gasteiger partial charge in [-0.25, -0.2) is 18.4 Å². The first-order valence-electron chi connectivity index (χ1n) is 11.5. The number of nitrogens with zero attached hydrogens (tertiary/aromatic N) is 6. The summed E-state index contributed by atoms with van der Waals surface area (Å²) in [7, 11) is -1.57. The Hall–Kier alpha value is -3.06. The number of imidazole rings is 1. The van der Waals surface area contributed by atoms with E-state index in [0.29, 0.717) is 28.8 Å². The molecule has 6 rings (SSSR count). The van der Waals surface area contributed by atoms with Gasteiger partial charge in [0.05, 0.1) is 28.8 Å². The number of fused-ring (bicyclic) bond motifs is 1. The van der Waals surface area contributed by atoms with E-state index in [2.05, 4.69) is 26.8 Å². The third kappa shape index (κ3) is 3.96. The van der Waals surface area contributed by atoms with Gasteiger partial charge in [0.25, 0.3) is 10.0 Å². The molecule has 10 nitrogen and oxygen atoms in total. The van der Waals surface area contributed by atoms with E-state index in [0.717, 1.165) is 59.0 Å². The van der Waals surface area contributed by atoms with Gasteiger partial charge in [-0.2, -0.15) is 9.40 Å². The molecule has 0 spiro atoms. The second-order valence-electron chi connectivity index (χ2n) is 8.87. The fraction of sp³-hybridized carbons (Fsp3) is 0.348. The van der Waals surface area contributed by atoms with Crippen molar-refractivity contribution in [2.24, 2.45) is 7.05 Å². The summed E-state index contributed by atoms with van der Waals surface area (Å²) in [4.78, 5) is 9.58. The van der Waals surface area contributed by atoms with Crippen molar-refractivity contribution in [3.63, 3.8) is 0 Å². The number of aryl methyl sites for hydroxylation is 2. The maximum atomic E-state index is 13.0. The van der Waals surface area contributed by atoms with E-state index in [1.807, 2.05) is 49.2 Å². The zero-order chi connectivity index (χ0) is 24.2. The molecule has 182 valence electrons. The molecule has 0 aliphatic carbocycles.